The van der Waals surface area contributed by atoms with Gasteiger partial charge in [-0.15, -0.1) is 0 Å². The first-order valence-corrected chi connectivity index (χ1v) is 10.0. The van der Waals surface area contributed by atoms with E-state index < -0.39 is 11.9 Å². The number of aryl methyl sites for hydroxylation is 1. The molecule has 1 fully saturated rings. The molecule has 1 aliphatic rings. The van der Waals surface area contributed by atoms with E-state index in [9.17, 15) is 18.0 Å². The zero-order chi connectivity index (χ0) is 21.8. The van der Waals surface area contributed by atoms with Crippen molar-refractivity contribution in [2.75, 3.05) is 13.1 Å². The number of likely N-dealkylation sites (tertiary alicyclic amines) is 1. The number of alkyl halides is 3. The highest BCUT2D eigenvalue weighted by molar-refractivity contribution is 6.04. The van der Waals surface area contributed by atoms with E-state index in [1.54, 1.807) is 11.8 Å². The molecule has 0 radical (unpaired) electrons. The molecule has 9 heteroatoms. The first kappa shape index (κ1) is 19.6. The molecule has 3 aromatic heterocycles. The van der Waals surface area contributed by atoms with Gasteiger partial charge >= 0.3 is 6.18 Å². The Morgan fingerprint density at radius 3 is 2.84 bits per heavy atom. The lowest BCUT2D eigenvalue weighted by molar-refractivity contribution is -0.142. The van der Waals surface area contributed by atoms with Crippen LogP contribution in [0.4, 0.5) is 13.2 Å². The molecule has 0 N–H and O–H groups in total. The number of furan rings is 1. The van der Waals surface area contributed by atoms with Crippen LogP contribution in [0.15, 0.2) is 47.1 Å². The highest BCUT2D eigenvalue weighted by Gasteiger charge is 2.37. The second kappa shape index (κ2) is 7.11. The van der Waals surface area contributed by atoms with Crippen molar-refractivity contribution in [3.05, 3.63) is 65.5 Å². The molecule has 160 valence electrons. The Bertz CT molecular complexity index is 1290. The van der Waals surface area contributed by atoms with Crippen LogP contribution in [0.2, 0.25) is 0 Å². The number of nitrogens with zero attached hydrogens (tertiary/aromatic N) is 4. The highest BCUT2D eigenvalue weighted by Crippen LogP contribution is 2.34. The fourth-order valence-electron chi connectivity index (χ4n) is 4.22. The zero-order valence-electron chi connectivity index (χ0n) is 16.7. The van der Waals surface area contributed by atoms with Gasteiger partial charge in [-0.3, -0.25) is 4.79 Å². The fraction of sp³-hybridized carbons (Fsp3) is 0.318. The molecule has 4 aromatic rings. The third-order valence-corrected chi connectivity index (χ3v) is 5.69. The molecule has 1 aliphatic heterocycles. The predicted molar refractivity (Wildman–Crippen MR) is 107 cm³/mol. The maximum absolute atomic E-state index is 13.6. The number of carbonyl (C=O) groups excluding carboxylic acids is 1. The van der Waals surface area contributed by atoms with Gasteiger partial charge < -0.3 is 9.32 Å². The summed E-state index contributed by atoms with van der Waals surface area (Å²) in [5.41, 5.74) is 0.0747. The number of carbonyl (C=O) groups is 1. The van der Waals surface area contributed by atoms with Gasteiger partial charge in [0.05, 0.1) is 12.0 Å². The van der Waals surface area contributed by atoms with E-state index in [4.69, 9.17) is 4.42 Å². The summed E-state index contributed by atoms with van der Waals surface area (Å²) in [6, 6.07) is 9.96. The lowest BCUT2D eigenvalue weighted by atomic mass is 9.93. The normalized spacial score (nSPS) is 17.5. The monoisotopic (exact) mass is 428 g/mol. The third kappa shape index (κ3) is 3.43. The molecule has 6 nitrogen and oxygen atoms in total. The third-order valence-electron chi connectivity index (χ3n) is 5.69. The molecule has 1 amide bonds. The molecule has 1 aromatic carbocycles. The Morgan fingerprint density at radius 1 is 1.23 bits per heavy atom. The van der Waals surface area contributed by atoms with Crippen LogP contribution in [0.1, 0.15) is 46.4 Å². The molecule has 1 atom stereocenters. The van der Waals surface area contributed by atoms with Crippen molar-refractivity contribution in [2.45, 2.75) is 31.9 Å². The van der Waals surface area contributed by atoms with Crippen LogP contribution in [-0.4, -0.2) is 38.5 Å². The van der Waals surface area contributed by atoms with Crippen molar-refractivity contribution in [3.8, 4) is 0 Å². The van der Waals surface area contributed by atoms with E-state index in [0.29, 0.717) is 30.8 Å². The molecule has 0 aliphatic carbocycles. The number of amides is 1. The van der Waals surface area contributed by atoms with Crippen molar-refractivity contribution in [3.63, 3.8) is 0 Å². The highest BCUT2D eigenvalue weighted by atomic mass is 19.4. The lowest BCUT2D eigenvalue weighted by Crippen LogP contribution is -2.39. The van der Waals surface area contributed by atoms with Crippen LogP contribution >= 0.6 is 0 Å². The van der Waals surface area contributed by atoms with Gasteiger partial charge in [-0.25, -0.2) is 9.50 Å². The number of aromatic nitrogens is 3. The molecule has 5 rings (SSSR count). The maximum atomic E-state index is 13.6. The average Bonchev–Trinajstić information content (AvgIpc) is 3.34. The summed E-state index contributed by atoms with van der Waals surface area (Å²) in [4.78, 5) is 19.2. The Morgan fingerprint density at radius 2 is 2.03 bits per heavy atom. The van der Waals surface area contributed by atoms with Gasteiger partial charge in [0.1, 0.15) is 5.69 Å². The van der Waals surface area contributed by atoms with Crippen molar-refractivity contribution < 1.29 is 22.4 Å². The second-order valence-electron chi connectivity index (χ2n) is 7.86. The van der Waals surface area contributed by atoms with Crippen LogP contribution in [-0.2, 0) is 6.18 Å². The molecule has 0 spiro atoms. The van der Waals surface area contributed by atoms with Gasteiger partial charge in [0.15, 0.2) is 11.4 Å². The molecule has 0 saturated carbocycles. The fourth-order valence-corrected chi connectivity index (χ4v) is 4.22. The van der Waals surface area contributed by atoms with E-state index >= 15 is 0 Å². The van der Waals surface area contributed by atoms with Gasteiger partial charge in [0, 0.05) is 41.5 Å². The SMILES string of the molecule is Cc1cc2nc([C@H]3CCCN(C(=O)c4occ5ccccc45)C3)cc(C(F)(F)F)n2n1. The number of rotatable bonds is 2. The summed E-state index contributed by atoms with van der Waals surface area (Å²) in [5.74, 6) is -0.314. The number of halogens is 3. The van der Waals surface area contributed by atoms with Crippen molar-refractivity contribution in [1.29, 1.82) is 0 Å². The van der Waals surface area contributed by atoms with Gasteiger partial charge in [-0.1, -0.05) is 24.3 Å². The summed E-state index contributed by atoms with van der Waals surface area (Å²) < 4.78 is 47.3. The summed E-state index contributed by atoms with van der Waals surface area (Å²) in [7, 11) is 0. The number of hydrogen-bond donors (Lipinski definition) is 0. The Balaban J connectivity index is 1.48. The number of hydrogen-bond acceptors (Lipinski definition) is 4. The molecule has 0 bridgehead atoms. The quantitative estimate of drug-likeness (QED) is 0.459. The van der Waals surface area contributed by atoms with Gasteiger partial charge in [-0.05, 0) is 25.8 Å². The number of benzene rings is 1. The molecular weight excluding hydrogens is 409 g/mol. The van der Waals surface area contributed by atoms with E-state index in [-0.39, 0.29) is 29.8 Å². The standard InChI is InChI=1S/C22H19F3N4O2/c1-13-9-19-26-17(10-18(22(23,24)25)29(19)27-13)14-6-4-8-28(11-14)21(30)20-16-7-3-2-5-15(16)12-31-20/h2-3,5,7,9-10,12,14H,4,6,8,11H2,1H3/t14-/m0/s1. The van der Waals surface area contributed by atoms with Crippen LogP contribution in [0.5, 0.6) is 0 Å². The molecule has 4 heterocycles. The smallest absolute Gasteiger partial charge is 0.433 e. The number of fused-ring (bicyclic) bond motifs is 2. The largest absolute Gasteiger partial charge is 0.458 e. The molecule has 1 saturated heterocycles. The van der Waals surface area contributed by atoms with Crippen LogP contribution in [0.3, 0.4) is 0 Å². The van der Waals surface area contributed by atoms with Crippen molar-refractivity contribution in [1.82, 2.24) is 19.5 Å². The predicted octanol–water partition coefficient (Wildman–Crippen LogP) is 4.82. The topological polar surface area (TPSA) is 63.6 Å². The van der Waals surface area contributed by atoms with Crippen LogP contribution < -0.4 is 0 Å². The minimum atomic E-state index is -4.56. The first-order valence-electron chi connectivity index (χ1n) is 10.0. The van der Waals surface area contributed by atoms with E-state index in [1.807, 2.05) is 24.3 Å². The van der Waals surface area contributed by atoms with Crippen LogP contribution in [0.25, 0.3) is 16.4 Å². The van der Waals surface area contributed by atoms with Crippen LogP contribution in [0, 0.1) is 6.92 Å². The van der Waals surface area contributed by atoms with Crippen molar-refractivity contribution >= 4 is 22.3 Å². The summed E-state index contributed by atoms with van der Waals surface area (Å²) in [6.07, 6.45) is -1.71. The average molecular weight is 428 g/mol. The first-order chi connectivity index (χ1) is 14.8. The molecule has 0 unspecified atom stereocenters. The minimum absolute atomic E-state index is 0.155. The Labute approximate surface area is 175 Å². The van der Waals surface area contributed by atoms with E-state index in [1.165, 1.54) is 12.3 Å². The summed E-state index contributed by atoms with van der Waals surface area (Å²) in [6.45, 7) is 2.43. The van der Waals surface area contributed by atoms with Gasteiger partial charge in [0.2, 0.25) is 0 Å². The Hall–Kier alpha value is -3.36. The summed E-state index contributed by atoms with van der Waals surface area (Å²) in [5, 5.41) is 5.49. The Kier molecular flexibility index (Phi) is 4.49. The van der Waals surface area contributed by atoms with Crippen molar-refractivity contribution in [2.24, 2.45) is 0 Å². The minimum Gasteiger partial charge on any atom is -0.458 e. The lowest BCUT2D eigenvalue weighted by Gasteiger charge is -2.32. The maximum Gasteiger partial charge on any atom is 0.433 e. The zero-order valence-corrected chi connectivity index (χ0v) is 16.7. The number of piperidine rings is 1. The molecule has 31 heavy (non-hydrogen) atoms. The molecular formula is C22H19F3N4O2. The van der Waals surface area contributed by atoms with E-state index in [0.717, 1.165) is 21.4 Å². The van der Waals surface area contributed by atoms with E-state index in [2.05, 4.69) is 10.1 Å². The van der Waals surface area contributed by atoms with Gasteiger partial charge in [0.25, 0.3) is 5.91 Å². The second-order valence-corrected chi connectivity index (χ2v) is 7.86. The summed E-state index contributed by atoms with van der Waals surface area (Å²) >= 11 is 0. The van der Waals surface area contributed by atoms with Gasteiger partial charge in [-0.2, -0.15) is 18.3 Å².